The monoisotopic (exact) mass is 115 g/mol. The molecule has 0 heterocycles. The molecule has 0 aromatic rings. The Labute approximate surface area is 49.8 Å². The predicted octanol–water partition coefficient (Wildman–Crippen LogP) is 0.829. The van der Waals surface area contributed by atoms with Crippen LogP contribution in [0.15, 0.2) is 0 Å². The molecule has 2 unspecified atom stereocenters. The van der Waals surface area contributed by atoms with Crippen LogP contribution in [0.1, 0.15) is 6.42 Å². The molecule has 2 nitrogen and oxygen atoms in total. The van der Waals surface area contributed by atoms with Crippen molar-refractivity contribution in [2.75, 3.05) is 13.7 Å². The molecule has 2 heteroatoms. The van der Waals surface area contributed by atoms with E-state index in [0.29, 0.717) is 12.0 Å². The average molecular weight is 115 g/mol. The van der Waals surface area contributed by atoms with Crippen LogP contribution in [0, 0.1) is 13.0 Å². The normalized spacial score (nSPS) is 35.2. The summed E-state index contributed by atoms with van der Waals surface area (Å²) in [5.41, 5.74) is 0. The van der Waals surface area contributed by atoms with Crippen LogP contribution in [0.5, 0.6) is 0 Å². The van der Waals surface area contributed by atoms with Gasteiger partial charge < -0.3 is 9.47 Å². The van der Waals surface area contributed by atoms with Gasteiger partial charge in [0.1, 0.15) is 0 Å². The Morgan fingerprint density at radius 1 is 1.75 bits per heavy atom. The van der Waals surface area contributed by atoms with Crippen molar-refractivity contribution in [2.45, 2.75) is 12.5 Å². The van der Waals surface area contributed by atoms with Gasteiger partial charge in [-0.25, -0.2) is 0 Å². The zero-order chi connectivity index (χ0) is 5.98. The van der Waals surface area contributed by atoms with Crippen LogP contribution < -0.4 is 0 Å². The number of hydrogen-bond donors (Lipinski definition) is 0. The maximum atomic E-state index is 5.02. The molecule has 2 atom stereocenters. The number of rotatable bonds is 3. The fraction of sp³-hybridized carbons (Fsp3) is 0.833. The molecular weight excluding hydrogens is 104 g/mol. The summed E-state index contributed by atoms with van der Waals surface area (Å²) in [6.07, 6.45) is 1.60. The number of hydrogen-bond acceptors (Lipinski definition) is 2. The molecule has 0 aliphatic heterocycles. The minimum Gasteiger partial charge on any atom is -0.381 e. The third-order valence-corrected chi connectivity index (χ3v) is 1.49. The Morgan fingerprint density at radius 2 is 2.50 bits per heavy atom. The van der Waals surface area contributed by atoms with Crippen LogP contribution in [-0.4, -0.2) is 19.8 Å². The lowest BCUT2D eigenvalue weighted by Crippen LogP contribution is -1.96. The molecule has 0 amide bonds. The van der Waals surface area contributed by atoms with Gasteiger partial charge in [0.2, 0.25) is 0 Å². The first kappa shape index (κ1) is 6.05. The Balaban J connectivity index is 1.99. The number of methoxy groups -OCH3 is 1. The average Bonchev–Trinajstić information content (AvgIpc) is 2.48. The summed E-state index contributed by atoms with van der Waals surface area (Å²) in [6, 6.07) is 0. The van der Waals surface area contributed by atoms with Gasteiger partial charge in [-0.2, -0.15) is 0 Å². The van der Waals surface area contributed by atoms with Crippen LogP contribution >= 0.6 is 0 Å². The van der Waals surface area contributed by atoms with Crippen molar-refractivity contribution < 1.29 is 9.47 Å². The van der Waals surface area contributed by atoms with Gasteiger partial charge in [-0.15, -0.1) is 0 Å². The molecule has 1 aliphatic rings. The Morgan fingerprint density at radius 3 is 2.88 bits per heavy atom. The van der Waals surface area contributed by atoms with Gasteiger partial charge >= 0.3 is 0 Å². The van der Waals surface area contributed by atoms with E-state index in [-0.39, 0.29) is 0 Å². The Bertz CT molecular complexity index is 72.9. The van der Waals surface area contributed by atoms with Gasteiger partial charge in [-0.3, -0.25) is 0 Å². The highest BCUT2D eigenvalue weighted by Gasteiger charge is 2.36. The second kappa shape index (κ2) is 2.46. The third kappa shape index (κ3) is 1.20. The molecule has 1 saturated carbocycles. The summed E-state index contributed by atoms with van der Waals surface area (Å²) in [6.45, 7) is 0.749. The van der Waals surface area contributed by atoms with Crippen LogP contribution in [0.2, 0.25) is 0 Å². The van der Waals surface area contributed by atoms with E-state index in [1.807, 2.05) is 0 Å². The Kier molecular flexibility index (Phi) is 1.86. The summed E-state index contributed by atoms with van der Waals surface area (Å²) in [5.74, 6) is 0.623. The van der Waals surface area contributed by atoms with Crippen LogP contribution in [-0.2, 0) is 9.47 Å². The van der Waals surface area contributed by atoms with Crippen molar-refractivity contribution >= 4 is 0 Å². The zero-order valence-corrected chi connectivity index (χ0v) is 5.09. The van der Waals surface area contributed by atoms with Crippen molar-refractivity contribution in [2.24, 2.45) is 5.92 Å². The van der Waals surface area contributed by atoms with Crippen molar-refractivity contribution in [3.8, 4) is 0 Å². The first-order valence-corrected chi connectivity index (χ1v) is 2.78. The SMILES string of the molecule is [CH2]OCC1CC1OC. The van der Waals surface area contributed by atoms with Gasteiger partial charge in [0, 0.05) is 13.0 Å². The molecule has 8 heavy (non-hydrogen) atoms. The predicted molar refractivity (Wildman–Crippen MR) is 30.2 cm³/mol. The van der Waals surface area contributed by atoms with E-state index in [1.165, 1.54) is 0 Å². The molecule has 47 valence electrons. The molecule has 1 aliphatic carbocycles. The van der Waals surface area contributed by atoms with Crippen LogP contribution in [0.4, 0.5) is 0 Å². The van der Waals surface area contributed by atoms with E-state index >= 15 is 0 Å². The maximum absolute atomic E-state index is 5.02. The second-order valence-corrected chi connectivity index (χ2v) is 2.14. The largest absolute Gasteiger partial charge is 0.381 e. The van der Waals surface area contributed by atoms with E-state index < -0.39 is 0 Å². The standard InChI is InChI=1S/C6H11O2/c1-7-4-5-3-6(5)8-2/h5-6H,1,3-4H2,2H3. The molecule has 0 N–H and O–H groups in total. The van der Waals surface area contributed by atoms with Crippen LogP contribution in [0.25, 0.3) is 0 Å². The fourth-order valence-electron chi connectivity index (χ4n) is 0.835. The van der Waals surface area contributed by atoms with Gasteiger partial charge in [-0.05, 0) is 6.42 Å². The molecule has 0 saturated heterocycles. The van der Waals surface area contributed by atoms with E-state index in [9.17, 15) is 0 Å². The molecule has 0 bridgehead atoms. The summed E-state index contributed by atoms with van der Waals surface area (Å²) in [5, 5.41) is 0. The number of ether oxygens (including phenoxy) is 2. The van der Waals surface area contributed by atoms with Crippen molar-refractivity contribution in [3.63, 3.8) is 0 Å². The highest BCUT2D eigenvalue weighted by molar-refractivity contribution is 4.86. The minimum atomic E-state index is 0.455. The molecule has 0 aromatic carbocycles. The minimum absolute atomic E-state index is 0.455. The van der Waals surface area contributed by atoms with Gasteiger partial charge in [0.25, 0.3) is 0 Å². The van der Waals surface area contributed by atoms with E-state index in [2.05, 4.69) is 11.8 Å². The summed E-state index contributed by atoms with van der Waals surface area (Å²) in [7, 11) is 5.01. The topological polar surface area (TPSA) is 18.5 Å². The smallest absolute Gasteiger partial charge is 0.0700 e. The van der Waals surface area contributed by atoms with Crippen molar-refractivity contribution in [1.29, 1.82) is 0 Å². The summed E-state index contributed by atoms with van der Waals surface area (Å²) >= 11 is 0. The molecular formula is C6H11O2. The van der Waals surface area contributed by atoms with E-state index in [0.717, 1.165) is 13.0 Å². The second-order valence-electron chi connectivity index (χ2n) is 2.14. The van der Waals surface area contributed by atoms with Gasteiger partial charge in [0.05, 0.1) is 19.8 Å². The molecule has 1 radical (unpaired) electrons. The van der Waals surface area contributed by atoms with E-state index in [4.69, 9.17) is 4.74 Å². The highest BCUT2D eigenvalue weighted by atomic mass is 16.5. The van der Waals surface area contributed by atoms with Gasteiger partial charge in [0.15, 0.2) is 0 Å². The quantitative estimate of drug-likeness (QED) is 0.542. The lowest BCUT2D eigenvalue weighted by Gasteiger charge is -1.93. The molecule has 0 aromatic heterocycles. The van der Waals surface area contributed by atoms with E-state index in [1.54, 1.807) is 7.11 Å². The Hall–Kier alpha value is -0.0800. The fourth-order valence-corrected chi connectivity index (χ4v) is 0.835. The molecule has 1 fully saturated rings. The summed E-state index contributed by atoms with van der Waals surface area (Å²) < 4.78 is 9.69. The van der Waals surface area contributed by atoms with Crippen LogP contribution in [0.3, 0.4) is 0 Å². The maximum Gasteiger partial charge on any atom is 0.0700 e. The molecule has 0 spiro atoms. The third-order valence-electron chi connectivity index (χ3n) is 1.49. The lowest BCUT2D eigenvalue weighted by molar-refractivity contribution is 0.142. The van der Waals surface area contributed by atoms with Crippen molar-refractivity contribution in [1.82, 2.24) is 0 Å². The summed E-state index contributed by atoms with van der Waals surface area (Å²) in [4.78, 5) is 0. The first-order valence-electron chi connectivity index (χ1n) is 2.78. The van der Waals surface area contributed by atoms with Gasteiger partial charge in [-0.1, -0.05) is 0 Å². The molecule has 1 rings (SSSR count). The highest BCUT2D eigenvalue weighted by Crippen LogP contribution is 2.32. The lowest BCUT2D eigenvalue weighted by atomic mass is 10.5. The zero-order valence-electron chi connectivity index (χ0n) is 5.09. The first-order chi connectivity index (χ1) is 3.88. The van der Waals surface area contributed by atoms with Crippen molar-refractivity contribution in [3.05, 3.63) is 7.11 Å².